The number of hydrogen-bond donors (Lipinski definition) is 0. The summed E-state index contributed by atoms with van der Waals surface area (Å²) in [4.78, 5) is 4.48. The molecule has 0 N–H and O–H groups in total. The largest absolute Gasteiger partial charge is 0.338 e. The first-order chi connectivity index (χ1) is 13.7. The highest BCUT2D eigenvalue weighted by molar-refractivity contribution is 7.98. The van der Waals surface area contributed by atoms with Crippen LogP contribution in [0.3, 0.4) is 0 Å². The molecule has 0 atom stereocenters. The van der Waals surface area contributed by atoms with E-state index in [4.69, 9.17) is 4.52 Å². The number of rotatable bonds is 6. The lowest BCUT2D eigenvalue weighted by atomic mass is 10.1. The molecule has 0 amide bonds. The molecular formula is C22H20N4OS. The fourth-order valence-corrected chi connectivity index (χ4v) is 3.38. The van der Waals surface area contributed by atoms with Crippen molar-refractivity contribution >= 4 is 11.8 Å². The summed E-state index contributed by atoms with van der Waals surface area (Å²) in [5, 5.41) is 13.5. The molecule has 140 valence electrons. The Bertz CT molecular complexity index is 1040. The van der Waals surface area contributed by atoms with E-state index >= 15 is 0 Å². The van der Waals surface area contributed by atoms with Gasteiger partial charge in [-0.15, -0.1) is 10.2 Å². The molecule has 0 saturated heterocycles. The van der Waals surface area contributed by atoms with Crippen molar-refractivity contribution in [2.45, 2.75) is 31.0 Å². The van der Waals surface area contributed by atoms with E-state index in [1.807, 2.05) is 24.3 Å². The summed E-state index contributed by atoms with van der Waals surface area (Å²) in [5.74, 6) is 1.74. The van der Waals surface area contributed by atoms with Gasteiger partial charge in [0.15, 0.2) is 0 Å². The smallest absolute Gasteiger partial charge is 0.237 e. The fourth-order valence-electron chi connectivity index (χ4n) is 2.73. The molecule has 2 aromatic carbocycles. The lowest BCUT2D eigenvalue weighted by Gasteiger charge is -2.02. The van der Waals surface area contributed by atoms with Crippen molar-refractivity contribution in [2.24, 2.45) is 0 Å². The second-order valence-electron chi connectivity index (χ2n) is 6.47. The SMILES string of the molecule is CCc1ccc(-c2noc(CSc3ccc(-c4ccc(C)cc4)nn3)n2)cc1. The summed E-state index contributed by atoms with van der Waals surface area (Å²) in [6, 6.07) is 20.4. The van der Waals surface area contributed by atoms with Gasteiger partial charge < -0.3 is 4.52 Å². The molecule has 0 unspecified atom stereocenters. The molecule has 6 heteroatoms. The Hall–Kier alpha value is -2.99. The number of hydrogen-bond acceptors (Lipinski definition) is 6. The average Bonchev–Trinajstić information content (AvgIpc) is 3.22. The van der Waals surface area contributed by atoms with Gasteiger partial charge in [-0.1, -0.05) is 77.9 Å². The number of aromatic nitrogens is 4. The number of thioether (sulfide) groups is 1. The van der Waals surface area contributed by atoms with Crippen LogP contribution in [0, 0.1) is 6.92 Å². The molecular weight excluding hydrogens is 368 g/mol. The predicted octanol–water partition coefficient (Wildman–Crippen LogP) is 5.36. The van der Waals surface area contributed by atoms with Crippen molar-refractivity contribution in [1.82, 2.24) is 20.3 Å². The zero-order chi connectivity index (χ0) is 19.3. The Morgan fingerprint density at radius 2 is 1.61 bits per heavy atom. The molecule has 4 aromatic rings. The highest BCUT2D eigenvalue weighted by Crippen LogP contribution is 2.24. The maximum absolute atomic E-state index is 5.37. The third kappa shape index (κ3) is 4.28. The van der Waals surface area contributed by atoms with Crippen molar-refractivity contribution < 1.29 is 4.52 Å². The second-order valence-corrected chi connectivity index (χ2v) is 7.47. The molecule has 0 radical (unpaired) electrons. The minimum Gasteiger partial charge on any atom is -0.338 e. The van der Waals surface area contributed by atoms with E-state index in [0.717, 1.165) is 28.3 Å². The predicted molar refractivity (Wildman–Crippen MR) is 111 cm³/mol. The molecule has 2 heterocycles. The number of aryl methyl sites for hydroxylation is 2. The van der Waals surface area contributed by atoms with Crippen LogP contribution < -0.4 is 0 Å². The van der Waals surface area contributed by atoms with Crippen LogP contribution in [-0.4, -0.2) is 20.3 Å². The molecule has 28 heavy (non-hydrogen) atoms. The standard InChI is InChI=1S/C22H20N4OS/c1-3-16-6-10-18(11-7-16)22-23-20(27-26-22)14-28-21-13-12-19(24-25-21)17-8-4-15(2)5-9-17/h4-13H,3,14H2,1-2H3. The molecule has 0 saturated carbocycles. The van der Waals surface area contributed by atoms with Gasteiger partial charge in [-0.25, -0.2) is 0 Å². The summed E-state index contributed by atoms with van der Waals surface area (Å²) in [6.07, 6.45) is 1.01. The highest BCUT2D eigenvalue weighted by atomic mass is 32.2. The van der Waals surface area contributed by atoms with Crippen molar-refractivity contribution in [3.63, 3.8) is 0 Å². The summed E-state index contributed by atoms with van der Waals surface area (Å²) in [6.45, 7) is 4.20. The van der Waals surface area contributed by atoms with Crippen LogP contribution in [0.2, 0.25) is 0 Å². The van der Waals surface area contributed by atoms with Gasteiger partial charge in [0.2, 0.25) is 11.7 Å². The first kappa shape index (κ1) is 18.4. The first-order valence-corrected chi connectivity index (χ1v) is 10.2. The van der Waals surface area contributed by atoms with Gasteiger partial charge in [0.05, 0.1) is 11.4 Å². The number of nitrogens with zero attached hydrogens (tertiary/aromatic N) is 4. The maximum atomic E-state index is 5.37. The van der Waals surface area contributed by atoms with Gasteiger partial charge in [0.25, 0.3) is 0 Å². The van der Waals surface area contributed by atoms with E-state index in [1.54, 1.807) is 0 Å². The lowest BCUT2D eigenvalue weighted by molar-refractivity contribution is 0.391. The van der Waals surface area contributed by atoms with Crippen LogP contribution in [0.5, 0.6) is 0 Å². The molecule has 0 bridgehead atoms. The summed E-state index contributed by atoms with van der Waals surface area (Å²) < 4.78 is 5.37. The first-order valence-electron chi connectivity index (χ1n) is 9.17. The van der Waals surface area contributed by atoms with Crippen LogP contribution in [0.4, 0.5) is 0 Å². The van der Waals surface area contributed by atoms with Gasteiger partial charge in [-0.05, 0) is 31.0 Å². The van der Waals surface area contributed by atoms with Gasteiger partial charge in [-0.3, -0.25) is 0 Å². The monoisotopic (exact) mass is 388 g/mol. The van der Waals surface area contributed by atoms with Gasteiger partial charge in [0.1, 0.15) is 5.03 Å². The quantitative estimate of drug-likeness (QED) is 0.415. The van der Waals surface area contributed by atoms with Crippen molar-refractivity contribution in [3.05, 3.63) is 77.7 Å². The molecule has 0 aliphatic heterocycles. The Morgan fingerprint density at radius 1 is 0.857 bits per heavy atom. The van der Waals surface area contributed by atoms with Crippen LogP contribution in [0.25, 0.3) is 22.6 Å². The Balaban J connectivity index is 1.39. The molecule has 0 aliphatic carbocycles. The van der Waals surface area contributed by atoms with Gasteiger partial charge in [-0.2, -0.15) is 4.98 Å². The van der Waals surface area contributed by atoms with Crippen LogP contribution in [0.1, 0.15) is 23.9 Å². The molecule has 5 nitrogen and oxygen atoms in total. The van der Waals surface area contributed by atoms with E-state index in [9.17, 15) is 0 Å². The van der Waals surface area contributed by atoms with E-state index in [2.05, 4.69) is 70.6 Å². The zero-order valence-corrected chi connectivity index (χ0v) is 16.6. The molecule has 0 fully saturated rings. The minimum absolute atomic E-state index is 0.554. The lowest BCUT2D eigenvalue weighted by Crippen LogP contribution is -1.90. The van der Waals surface area contributed by atoms with Gasteiger partial charge >= 0.3 is 0 Å². The van der Waals surface area contributed by atoms with Crippen molar-refractivity contribution in [3.8, 4) is 22.6 Å². The van der Waals surface area contributed by atoms with Gasteiger partial charge in [0, 0.05) is 11.1 Å². The minimum atomic E-state index is 0.554. The van der Waals surface area contributed by atoms with E-state index in [-0.39, 0.29) is 0 Å². The topological polar surface area (TPSA) is 64.7 Å². The molecule has 4 rings (SSSR count). The molecule has 0 spiro atoms. The normalized spacial score (nSPS) is 10.9. The zero-order valence-electron chi connectivity index (χ0n) is 15.8. The maximum Gasteiger partial charge on any atom is 0.237 e. The Morgan fingerprint density at radius 3 is 2.29 bits per heavy atom. The Labute approximate surface area is 168 Å². The third-order valence-electron chi connectivity index (χ3n) is 4.42. The highest BCUT2D eigenvalue weighted by Gasteiger charge is 2.10. The van der Waals surface area contributed by atoms with E-state index in [0.29, 0.717) is 17.5 Å². The molecule has 0 aliphatic rings. The second kappa shape index (κ2) is 8.35. The summed E-state index contributed by atoms with van der Waals surface area (Å²) in [7, 11) is 0. The molecule has 2 aromatic heterocycles. The Kier molecular flexibility index (Phi) is 5.48. The summed E-state index contributed by atoms with van der Waals surface area (Å²) in [5.41, 5.74) is 5.39. The van der Waals surface area contributed by atoms with E-state index < -0.39 is 0 Å². The van der Waals surface area contributed by atoms with Crippen LogP contribution in [-0.2, 0) is 12.2 Å². The number of benzene rings is 2. The fraction of sp³-hybridized carbons (Fsp3) is 0.182. The van der Waals surface area contributed by atoms with Crippen LogP contribution >= 0.6 is 11.8 Å². The average molecular weight is 388 g/mol. The van der Waals surface area contributed by atoms with Crippen LogP contribution in [0.15, 0.2) is 70.2 Å². The van der Waals surface area contributed by atoms with Crippen molar-refractivity contribution in [2.75, 3.05) is 0 Å². The summed E-state index contributed by atoms with van der Waals surface area (Å²) >= 11 is 1.52. The van der Waals surface area contributed by atoms with Crippen molar-refractivity contribution in [1.29, 1.82) is 0 Å². The third-order valence-corrected chi connectivity index (χ3v) is 5.32. The van der Waals surface area contributed by atoms with E-state index in [1.165, 1.54) is 22.9 Å².